The summed E-state index contributed by atoms with van der Waals surface area (Å²) in [4.78, 5) is 59.2. The lowest BCUT2D eigenvalue weighted by atomic mass is 10.0. The number of hydrogen-bond acceptors (Lipinski definition) is 16. The quantitative estimate of drug-likeness (QED) is 0.0228. The van der Waals surface area contributed by atoms with Crippen molar-refractivity contribution in [3.63, 3.8) is 0 Å². The van der Waals surface area contributed by atoms with Gasteiger partial charge in [-0.15, -0.1) is 0 Å². The Balaban J connectivity index is 0.000000150. The van der Waals surface area contributed by atoms with Crippen molar-refractivity contribution >= 4 is 103 Å². The number of aryl methyl sites for hydroxylation is 3. The number of hydrogen-bond donors (Lipinski definition) is 9. The molecule has 12 aromatic rings. The van der Waals surface area contributed by atoms with Gasteiger partial charge in [0.25, 0.3) is 0 Å². The lowest BCUT2D eigenvalue weighted by Gasteiger charge is -2.26. The molecule has 6 amide bonds. The van der Waals surface area contributed by atoms with E-state index in [-0.39, 0.29) is 17.1 Å². The minimum atomic E-state index is -4.50. The molecule has 122 heavy (non-hydrogen) atoms. The number of rotatable bonds is 26. The molecule has 3 aliphatic carbocycles. The summed E-state index contributed by atoms with van der Waals surface area (Å²) in [6.07, 6.45) is -4.10. The van der Waals surface area contributed by atoms with E-state index in [1.54, 1.807) is 36.4 Å². The first-order valence-electron chi connectivity index (χ1n) is 40.7. The van der Waals surface area contributed by atoms with Gasteiger partial charge in [0.1, 0.15) is 0 Å². The molecule has 0 atom stereocenters. The van der Waals surface area contributed by atoms with Gasteiger partial charge in [0.15, 0.2) is 34.4 Å². The van der Waals surface area contributed by atoms with E-state index in [2.05, 4.69) is 93.9 Å². The van der Waals surface area contributed by atoms with Crippen LogP contribution in [0.3, 0.4) is 0 Å². The molecule has 6 aromatic carbocycles. The summed E-state index contributed by atoms with van der Waals surface area (Å²) in [5.74, 6) is 2.55. The van der Waals surface area contributed by atoms with Crippen LogP contribution in [0.4, 0.5) is 105 Å². The second kappa shape index (κ2) is 37.3. The van der Waals surface area contributed by atoms with Crippen molar-refractivity contribution in [2.45, 2.75) is 128 Å². The van der Waals surface area contributed by atoms with E-state index in [1.165, 1.54) is 36.4 Å². The number of nitrogens with zero attached hydrogens (tertiary/aromatic N) is 12. The second-order valence-corrected chi connectivity index (χ2v) is 31.1. The molecule has 4 fully saturated rings. The maximum Gasteiger partial charge on any atom is 0.416 e. The highest BCUT2D eigenvalue weighted by molar-refractivity contribution is 6.05. The van der Waals surface area contributed by atoms with Crippen molar-refractivity contribution in [1.29, 1.82) is 0 Å². The van der Waals surface area contributed by atoms with Gasteiger partial charge in [-0.3, -0.25) is 4.90 Å². The summed E-state index contributed by atoms with van der Waals surface area (Å²) in [5, 5.41) is 31.6. The fourth-order valence-corrected chi connectivity index (χ4v) is 14.8. The molecule has 34 heteroatoms. The van der Waals surface area contributed by atoms with Crippen molar-refractivity contribution in [2.75, 3.05) is 122 Å². The molecule has 4 aliphatic rings. The maximum atomic E-state index is 13.0. The van der Waals surface area contributed by atoms with E-state index in [1.807, 2.05) is 64.5 Å². The molecule has 640 valence electrons. The number of urea groups is 3. The summed E-state index contributed by atoms with van der Waals surface area (Å²) < 4.78 is 128. The Morgan fingerprint density at radius 2 is 0.713 bits per heavy atom. The highest BCUT2D eigenvalue weighted by atomic mass is 19.4. The monoisotopic (exact) mass is 1680 g/mol. The molecule has 1 saturated heterocycles. The average Bonchev–Trinajstić information content (AvgIpc) is 1.61. The molecule has 3 saturated carbocycles. The molecule has 0 unspecified atom stereocenters. The lowest BCUT2D eigenvalue weighted by Crippen LogP contribution is -2.37. The van der Waals surface area contributed by atoms with Crippen LogP contribution in [-0.4, -0.2) is 150 Å². The number of anilines is 9. The number of morpholine rings is 1. The van der Waals surface area contributed by atoms with E-state index in [0.29, 0.717) is 71.9 Å². The fraction of sp³-hybridized carbons (Fsp3) is 0.352. The summed E-state index contributed by atoms with van der Waals surface area (Å²) >= 11 is 0. The van der Waals surface area contributed by atoms with Crippen molar-refractivity contribution in [3.8, 4) is 33.4 Å². The number of amides is 6. The molecule has 0 spiro atoms. The first-order chi connectivity index (χ1) is 58.5. The SMILES string of the molecule is CCN(CC)CCCn1nc(N)c2c(-c3ccc(NC(=O)Nc4cccc(C(F)(F)F)c4)cc3)cc(C3CC3)nc21.CN(C)CCCn1nc(N)c2c(-c3ccc(NC(=O)Nc4cccc(C(F)(F)F)c4)cc3)cc(C3CC3)nc21.Nc1nn(CCCN2CCOCC2)c2nc(C3CC3)cc(-c3ccc(NC(=O)Nc4cccc(C(F)(F)F)c4)cc3)c12. The van der Waals surface area contributed by atoms with Crippen LogP contribution in [0.15, 0.2) is 164 Å². The number of carbonyl (C=O) groups excluding carboxylic acids is 3. The Labute approximate surface area is 697 Å². The van der Waals surface area contributed by atoms with E-state index in [4.69, 9.17) is 36.9 Å². The first kappa shape index (κ1) is 86.0. The number of halogens is 9. The number of nitrogens with one attached hydrogen (secondary N) is 6. The third-order valence-electron chi connectivity index (χ3n) is 21.6. The summed E-state index contributed by atoms with van der Waals surface area (Å²) in [7, 11) is 4.06. The van der Waals surface area contributed by atoms with Crippen LogP contribution in [-0.2, 0) is 42.9 Å². The minimum Gasteiger partial charge on any atom is -0.382 e. The van der Waals surface area contributed by atoms with Crippen LogP contribution >= 0.6 is 0 Å². The maximum absolute atomic E-state index is 13.0. The van der Waals surface area contributed by atoms with E-state index >= 15 is 0 Å². The van der Waals surface area contributed by atoms with Gasteiger partial charge in [0.05, 0.1) is 46.1 Å². The Morgan fingerprint density at radius 1 is 0.410 bits per heavy atom. The summed E-state index contributed by atoms with van der Waals surface area (Å²) in [6, 6.07) is 39.5. The molecular formula is C88H96F9N21O4. The molecular weight excluding hydrogens is 1590 g/mol. The third kappa shape index (κ3) is 21.8. The van der Waals surface area contributed by atoms with Crippen molar-refractivity contribution < 1.29 is 58.6 Å². The molecule has 16 rings (SSSR count). The van der Waals surface area contributed by atoms with Gasteiger partial charge >= 0.3 is 36.6 Å². The minimum absolute atomic E-state index is 0.0446. The molecule has 7 heterocycles. The first-order valence-corrected chi connectivity index (χ1v) is 40.7. The highest BCUT2D eigenvalue weighted by Gasteiger charge is 2.35. The standard InChI is InChI=1S/C30H32F3N7O2.C30H34F3N7O.C28H30F3N7O/c31-30(32,33)21-3-1-4-23(17-21)36-29(41)35-22-9-7-19(8-10-22)24-18-25(20-5-6-20)37-28-26(24)27(34)38-40(28)12-2-11-39-13-15-42-16-14-39;1-3-39(4-2)15-6-16-40-28-26(27(34)38-40)24(18-25(37-28)20-9-10-20)19-11-13-22(14-12-19)35-29(41)36-23-8-5-7-21(17-23)30(31,32)33;1-37(2)13-4-14-38-26-24(25(32)36-38)22(16-23(35-26)18-7-8-18)17-9-11-20(12-10-17)33-27(39)34-21-6-3-5-19(15-21)28(29,30)31/h1,3-4,7-10,17-18,20H,2,5-6,11-16H2,(H2,34,38)(H2,35,36,41);5,7-8,11-14,17-18,20H,3-4,6,9-10,15-16H2,1-2H3,(H2,34,38)(H2,35,36,41);3,5-6,9-12,15-16,18H,4,7-8,13-14H2,1-2H3,(H2,32,36)(H2,33,34,39). The summed E-state index contributed by atoms with van der Waals surface area (Å²) in [5.41, 5.74) is 29.2. The number of alkyl halides is 9. The van der Waals surface area contributed by atoms with Crippen molar-refractivity contribution in [3.05, 3.63) is 198 Å². The lowest BCUT2D eigenvalue weighted by molar-refractivity contribution is -0.138. The number of pyridine rings is 3. The molecule has 25 nitrogen and oxygen atoms in total. The molecule has 1 aliphatic heterocycles. The predicted octanol–water partition coefficient (Wildman–Crippen LogP) is 19.1. The van der Waals surface area contributed by atoms with Crippen LogP contribution in [0, 0.1) is 0 Å². The molecule has 0 radical (unpaired) electrons. The Morgan fingerprint density at radius 3 is 1.01 bits per heavy atom. The molecule has 12 N–H and O–H groups in total. The largest absolute Gasteiger partial charge is 0.416 e. The Kier molecular flexibility index (Phi) is 26.3. The van der Waals surface area contributed by atoms with Gasteiger partial charge < -0.3 is 63.6 Å². The van der Waals surface area contributed by atoms with Crippen LogP contribution in [0.2, 0.25) is 0 Å². The van der Waals surface area contributed by atoms with Crippen LogP contribution in [0.5, 0.6) is 0 Å². The zero-order valence-electron chi connectivity index (χ0n) is 67.8. The normalized spacial score (nSPS) is 14.5. The van der Waals surface area contributed by atoms with E-state index in [0.717, 1.165) is 237 Å². The number of carbonyl (C=O) groups is 3. The number of fused-ring (bicyclic) bond motifs is 3. The fourth-order valence-electron chi connectivity index (χ4n) is 14.8. The Bertz CT molecular complexity index is 5690. The van der Waals surface area contributed by atoms with E-state index in [9.17, 15) is 53.9 Å². The van der Waals surface area contributed by atoms with Crippen molar-refractivity contribution in [1.82, 2.24) is 59.0 Å². The number of ether oxygens (including phenoxy) is 1. The second-order valence-electron chi connectivity index (χ2n) is 31.1. The van der Waals surface area contributed by atoms with E-state index < -0.39 is 53.3 Å². The zero-order chi connectivity index (χ0) is 86.2. The average molecular weight is 1680 g/mol. The number of benzene rings is 6. The topological polar surface area (TPSA) is 313 Å². The van der Waals surface area contributed by atoms with Crippen LogP contribution in [0.25, 0.3) is 66.5 Å². The van der Waals surface area contributed by atoms with Gasteiger partial charge in [-0.2, -0.15) is 54.8 Å². The van der Waals surface area contributed by atoms with Gasteiger partial charge in [-0.05, 0) is 241 Å². The van der Waals surface area contributed by atoms with Gasteiger partial charge in [-0.25, -0.2) is 43.4 Å². The third-order valence-corrected chi connectivity index (χ3v) is 21.6. The Hall–Kier alpha value is -12.4. The van der Waals surface area contributed by atoms with Crippen LogP contribution in [0.1, 0.15) is 123 Å². The zero-order valence-corrected chi connectivity index (χ0v) is 67.8. The number of nitrogens with two attached hydrogens (primary N) is 3. The van der Waals surface area contributed by atoms with Gasteiger partial charge in [-0.1, -0.05) is 68.4 Å². The molecule has 6 aromatic heterocycles. The smallest absolute Gasteiger partial charge is 0.382 e. The van der Waals surface area contributed by atoms with Gasteiger partial charge in [0, 0.05) is 108 Å². The van der Waals surface area contributed by atoms with Crippen LogP contribution < -0.4 is 49.1 Å². The van der Waals surface area contributed by atoms with Gasteiger partial charge in [0.2, 0.25) is 0 Å². The predicted molar refractivity (Wildman–Crippen MR) is 458 cm³/mol. The number of nitrogen functional groups attached to an aromatic ring is 3. The van der Waals surface area contributed by atoms with Crippen molar-refractivity contribution in [2.24, 2.45) is 0 Å². The number of aromatic nitrogens is 9. The summed E-state index contributed by atoms with van der Waals surface area (Å²) in [6.45, 7) is 14.7. The molecule has 0 bridgehead atoms. The highest BCUT2D eigenvalue weighted by Crippen LogP contribution is 2.47.